The number of carbonyl (C=O) groups excluding carboxylic acids is 1. The van der Waals surface area contributed by atoms with E-state index in [-0.39, 0.29) is 6.03 Å². The number of nitrogens with zero attached hydrogens (tertiary/aromatic N) is 1. The van der Waals surface area contributed by atoms with Crippen LogP contribution >= 0.6 is 0 Å². The third kappa shape index (κ3) is 5.27. The van der Waals surface area contributed by atoms with E-state index >= 15 is 0 Å². The number of nitrogen functional groups attached to an aromatic ring is 1. The molecule has 1 aromatic rings. The van der Waals surface area contributed by atoms with E-state index in [1.807, 2.05) is 12.1 Å². The lowest BCUT2D eigenvalue weighted by molar-refractivity contribution is 0.159. The molecule has 1 fully saturated rings. The Morgan fingerprint density at radius 1 is 1.43 bits per heavy atom. The molecule has 1 aromatic carbocycles. The third-order valence-electron chi connectivity index (χ3n) is 3.99. The highest BCUT2D eigenvalue weighted by atomic mass is 16.2. The van der Waals surface area contributed by atoms with E-state index in [2.05, 4.69) is 22.5 Å². The summed E-state index contributed by atoms with van der Waals surface area (Å²) in [7, 11) is 0. The minimum atomic E-state index is -0.174. The van der Waals surface area contributed by atoms with E-state index in [4.69, 9.17) is 5.73 Å². The molecular weight excluding hydrogens is 264 g/mol. The van der Waals surface area contributed by atoms with Gasteiger partial charge >= 0.3 is 6.03 Å². The summed E-state index contributed by atoms with van der Waals surface area (Å²) in [6.45, 7) is 5.23. The number of nitrogens with two attached hydrogens (primary N) is 1. The van der Waals surface area contributed by atoms with Crippen molar-refractivity contribution >= 4 is 17.4 Å². The van der Waals surface area contributed by atoms with Crippen LogP contribution in [-0.4, -0.2) is 36.6 Å². The SMILES string of the molecule is CC1CCCCN1CCCNC(=O)Nc1cccc(N)c1. The van der Waals surface area contributed by atoms with Crippen LogP contribution in [-0.2, 0) is 0 Å². The van der Waals surface area contributed by atoms with Crippen LogP contribution in [0.3, 0.4) is 0 Å². The lowest BCUT2D eigenvalue weighted by atomic mass is 10.0. The number of rotatable bonds is 5. The number of benzene rings is 1. The van der Waals surface area contributed by atoms with E-state index in [0.717, 1.165) is 18.7 Å². The smallest absolute Gasteiger partial charge is 0.319 e. The second kappa shape index (κ2) is 7.88. The summed E-state index contributed by atoms with van der Waals surface area (Å²) < 4.78 is 0. The van der Waals surface area contributed by atoms with Crippen LogP contribution in [0.1, 0.15) is 32.6 Å². The summed E-state index contributed by atoms with van der Waals surface area (Å²) in [6, 6.07) is 7.69. The molecule has 116 valence electrons. The van der Waals surface area contributed by atoms with Gasteiger partial charge in [0.1, 0.15) is 0 Å². The van der Waals surface area contributed by atoms with Crippen LogP contribution in [0.15, 0.2) is 24.3 Å². The molecular formula is C16H26N4O. The molecule has 1 saturated heterocycles. The monoisotopic (exact) mass is 290 g/mol. The largest absolute Gasteiger partial charge is 0.399 e. The molecule has 1 aliphatic rings. The average Bonchev–Trinajstić information content (AvgIpc) is 2.45. The number of anilines is 2. The second-order valence-corrected chi connectivity index (χ2v) is 5.74. The molecule has 5 nitrogen and oxygen atoms in total. The summed E-state index contributed by atoms with van der Waals surface area (Å²) in [5, 5.41) is 5.67. The summed E-state index contributed by atoms with van der Waals surface area (Å²) in [4.78, 5) is 14.3. The summed E-state index contributed by atoms with van der Waals surface area (Å²) in [6.07, 6.45) is 4.92. The standard InChI is InChI=1S/C16H26N4O/c1-13-6-2-3-10-20(13)11-5-9-18-16(21)19-15-8-4-7-14(17)12-15/h4,7-8,12-13H,2-3,5-6,9-11,17H2,1H3,(H2,18,19,21). The molecule has 2 rings (SSSR count). The quantitative estimate of drug-likeness (QED) is 0.577. The first-order valence-electron chi connectivity index (χ1n) is 7.79. The van der Waals surface area contributed by atoms with E-state index in [1.165, 1.54) is 25.8 Å². The second-order valence-electron chi connectivity index (χ2n) is 5.74. The van der Waals surface area contributed by atoms with Gasteiger partial charge in [0, 0.05) is 30.5 Å². The maximum atomic E-state index is 11.8. The molecule has 1 aliphatic heterocycles. The van der Waals surface area contributed by atoms with E-state index in [9.17, 15) is 4.79 Å². The summed E-state index contributed by atoms with van der Waals surface area (Å²) >= 11 is 0. The van der Waals surface area contributed by atoms with E-state index in [1.54, 1.807) is 12.1 Å². The van der Waals surface area contributed by atoms with Crippen molar-refractivity contribution in [3.63, 3.8) is 0 Å². The van der Waals surface area contributed by atoms with Crippen molar-refractivity contribution in [3.8, 4) is 0 Å². The molecule has 0 aliphatic carbocycles. The molecule has 0 spiro atoms. The topological polar surface area (TPSA) is 70.4 Å². The zero-order chi connectivity index (χ0) is 15.1. The van der Waals surface area contributed by atoms with Gasteiger partial charge in [0.05, 0.1) is 0 Å². The lowest BCUT2D eigenvalue weighted by Gasteiger charge is -2.33. The van der Waals surface area contributed by atoms with Crippen LogP contribution in [0.5, 0.6) is 0 Å². The lowest BCUT2D eigenvalue weighted by Crippen LogP contribution is -2.39. The number of nitrogens with one attached hydrogen (secondary N) is 2. The summed E-state index contributed by atoms with van der Waals surface area (Å²) in [5.74, 6) is 0. The molecule has 1 unspecified atom stereocenters. The highest BCUT2D eigenvalue weighted by molar-refractivity contribution is 5.89. The van der Waals surface area contributed by atoms with Gasteiger partial charge in [-0.05, 0) is 50.9 Å². The number of urea groups is 1. The van der Waals surface area contributed by atoms with Crippen molar-refractivity contribution in [2.24, 2.45) is 0 Å². The average molecular weight is 290 g/mol. The molecule has 0 aromatic heterocycles. The Hall–Kier alpha value is -1.75. The van der Waals surface area contributed by atoms with E-state index < -0.39 is 0 Å². The van der Waals surface area contributed by atoms with Crippen LogP contribution in [0.4, 0.5) is 16.2 Å². The molecule has 1 atom stereocenters. The van der Waals surface area contributed by atoms with Crippen LogP contribution in [0.2, 0.25) is 0 Å². The van der Waals surface area contributed by atoms with Gasteiger partial charge in [-0.25, -0.2) is 4.79 Å². The Morgan fingerprint density at radius 2 is 2.29 bits per heavy atom. The number of amides is 2. The first-order chi connectivity index (χ1) is 10.1. The fourth-order valence-corrected chi connectivity index (χ4v) is 2.77. The molecule has 0 saturated carbocycles. The highest BCUT2D eigenvalue weighted by Crippen LogP contribution is 2.16. The Bertz CT molecular complexity index is 463. The number of likely N-dealkylation sites (tertiary alicyclic amines) is 1. The first kappa shape index (κ1) is 15.6. The Kier molecular flexibility index (Phi) is 5.87. The van der Waals surface area contributed by atoms with Crippen LogP contribution in [0, 0.1) is 0 Å². The van der Waals surface area contributed by atoms with Gasteiger partial charge in [0.25, 0.3) is 0 Å². The third-order valence-corrected chi connectivity index (χ3v) is 3.99. The van der Waals surface area contributed by atoms with Crippen molar-refractivity contribution in [2.45, 2.75) is 38.6 Å². The molecule has 1 heterocycles. The fraction of sp³-hybridized carbons (Fsp3) is 0.562. The molecule has 5 heteroatoms. The van der Waals surface area contributed by atoms with Gasteiger partial charge in [-0.3, -0.25) is 0 Å². The van der Waals surface area contributed by atoms with Crippen molar-refractivity contribution in [3.05, 3.63) is 24.3 Å². The normalized spacial score (nSPS) is 19.2. The Balaban J connectivity index is 1.63. The Morgan fingerprint density at radius 3 is 3.05 bits per heavy atom. The van der Waals surface area contributed by atoms with Gasteiger partial charge in [-0.15, -0.1) is 0 Å². The molecule has 4 N–H and O–H groups in total. The van der Waals surface area contributed by atoms with Crippen molar-refractivity contribution < 1.29 is 4.79 Å². The van der Waals surface area contributed by atoms with Gasteiger partial charge in [-0.2, -0.15) is 0 Å². The minimum Gasteiger partial charge on any atom is -0.399 e. The van der Waals surface area contributed by atoms with Gasteiger partial charge in [-0.1, -0.05) is 12.5 Å². The summed E-state index contributed by atoms with van der Waals surface area (Å²) in [5.41, 5.74) is 7.04. The molecule has 21 heavy (non-hydrogen) atoms. The van der Waals surface area contributed by atoms with Gasteiger partial charge in [0.15, 0.2) is 0 Å². The zero-order valence-electron chi connectivity index (χ0n) is 12.8. The van der Waals surface area contributed by atoms with Crippen LogP contribution in [0.25, 0.3) is 0 Å². The van der Waals surface area contributed by atoms with E-state index in [0.29, 0.717) is 18.3 Å². The number of carbonyl (C=O) groups is 1. The first-order valence-corrected chi connectivity index (χ1v) is 7.79. The molecule has 2 amide bonds. The maximum Gasteiger partial charge on any atom is 0.319 e. The zero-order valence-corrected chi connectivity index (χ0v) is 12.8. The van der Waals surface area contributed by atoms with Crippen LogP contribution < -0.4 is 16.4 Å². The highest BCUT2D eigenvalue weighted by Gasteiger charge is 2.17. The van der Waals surface area contributed by atoms with Crippen molar-refractivity contribution in [2.75, 3.05) is 30.7 Å². The number of piperidine rings is 1. The number of hydrogen-bond donors (Lipinski definition) is 3. The van der Waals surface area contributed by atoms with Gasteiger partial charge < -0.3 is 21.3 Å². The molecule has 0 bridgehead atoms. The van der Waals surface area contributed by atoms with Crippen molar-refractivity contribution in [1.29, 1.82) is 0 Å². The van der Waals surface area contributed by atoms with Crippen molar-refractivity contribution in [1.82, 2.24) is 10.2 Å². The number of hydrogen-bond acceptors (Lipinski definition) is 3. The van der Waals surface area contributed by atoms with Gasteiger partial charge in [0.2, 0.25) is 0 Å². The predicted octanol–water partition coefficient (Wildman–Crippen LogP) is 2.65. The Labute approximate surface area is 126 Å². The molecule has 0 radical (unpaired) electrons. The fourth-order valence-electron chi connectivity index (χ4n) is 2.77. The predicted molar refractivity (Wildman–Crippen MR) is 87.4 cm³/mol. The maximum absolute atomic E-state index is 11.8. The minimum absolute atomic E-state index is 0.174.